The summed E-state index contributed by atoms with van der Waals surface area (Å²) in [5.74, 6) is -0.625. The number of benzene rings is 1. The van der Waals surface area contributed by atoms with Crippen molar-refractivity contribution in [3.05, 3.63) is 47.8 Å². The van der Waals surface area contributed by atoms with Crippen molar-refractivity contribution < 1.29 is 22.7 Å². The van der Waals surface area contributed by atoms with Crippen LogP contribution in [0.15, 0.2) is 36.7 Å². The molecular weight excluding hydrogens is 385 g/mol. The van der Waals surface area contributed by atoms with E-state index >= 15 is 0 Å². The predicted molar refractivity (Wildman–Crippen MR) is 101 cm³/mol. The first-order chi connectivity index (χ1) is 13.9. The third-order valence-electron chi connectivity index (χ3n) is 4.90. The van der Waals surface area contributed by atoms with Crippen molar-refractivity contribution in [2.45, 2.75) is 32.6 Å². The van der Waals surface area contributed by atoms with Crippen LogP contribution in [0.1, 0.15) is 24.5 Å². The number of ether oxygens (including phenoxy) is 1. The minimum Gasteiger partial charge on any atom is -0.483 e. The van der Waals surface area contributed by atoms with Gasteiger partial charge in [0.25, 0.3) is 5.91 Å². The predicted octanol–water partition coefficient (Wildman–Crippen LogP) is 3.04. The van der Waals surface area contributed by atoms with E-state index in [1.54, 1.807) is 4.90 Å². The number of carbonyl (C=O) groups excluding carboxylic acids is 1. The molecule has 0 aliphatic carbocycles. The van der Waals surface area contributed by atoms with Gasteiger partial charge in [-0.05, 0) is 25.5 Å². The molecule has 9 heteroatoms. The Morgan fingerprint density at radius 1 is 1.17 bits per heavy atom. The molecule has 6 nitrogen and oxygen atoms in total. The second kappa shape index (κ2) is 9.30. The third kappa shape index (κ3) is 5.72. The monoisotopic (exact) mass is 410 g/mol. The summed E-state index contributed by atoms with van der Waals surface area (Å²) in [4.78, 5) is 16.4. The van der Waals surface area contributed by atoms with Crippen molar-refractivity contribution in [1.29, 1.82) is 0 Å². The summed E-state index contributed by atoms with van der Waals surface area (Å²) in [5, 5.41) is 4.27. The molecule has 158 valence electrons. The Bertz CT molecular complexity index is 822. The number of carbonyl (C=O) groups is 1. The molecule has 1 aliphatic rings. The highest BCUT2D eigenvalue weighted by atomic mass is 19.4. The van der Waals surface area contributed by atoms with Gasteiger partial charge in [-0.15, -0.1) is 0 Å². The van der Waals surface area contributed by atoms with Crippen molar-refractivity contribution in [2.24, 2.45) is 0 Å². The van der Waals surface area contributed by atoms with Gasteiger partial charge in [0.05, 0.1) is 11.8 Å². The first kappa shape index (κ1) is 21.2. The average Bonchev–Trinajstić information content (AvgIpc) is 3.02. The Morgan fingerprint density at radius 3 is 2.69 bits per heavy atom. The van der Waals surface area contributed by atoms with Crippen molar-refractivity contribution in [1.82, 2.24) is 19.6 Å². The number of rotatable bonds is 6. The smallest absolute Gasteiger partial charge is 0.419 e. The van der Waals surface area contributed by atoms with Crippen LogP contribution in [0.2, 0.25) is 0 Å². The molecule has 29 heavy (non-hydrogen) atoms. The second-order valence-corrected chi connectivity index (χ2v) is 7.00. The van der Waals surface area contributed by atoms with Gasteiger partial charge in [0.2, 0.25) is 0 Å². The minimum atomic E-state index is -4.52. The number of para-hydroxylation sites is 1. The lowest BCUT2D eigenvalue weighted by atomic mass is 10.2. The number of hydrogen-bond acceptors (Lipinski definition) is 4. The van der Waals surface area contributed by atoms with Crippen LogP contribution in [0.4, 0.5) is 13.2 Å². The number of alkyl halides is 3. The van der Waals surface area contributed by atoms with Gasteiger partial charge >= 0.3 is 6.18 Å². The standard InChI is InChI=1S/C20H25F3N4O2/c1-2-27-14-16(12-24-27)13-25-8-5-9-26(11-10-25)19(28)15-29-18-7-4-3-6-17(18)20(21,22)23/h3-4,6-7,12,14H,2,5,8-11,13,15H2,1H3. The number of halogens is 3. The molecule has 0 radical (unpaired) electrons. The highest BCUT2D eigenvalue weighted by molar-refractivity contribution is 5.77. The molecule has 3 rings (SSSR count). The molecule has 0 atom stereocenters. The first-order valence-electron chi connectivity index (χ1n) is 9.67. The molecule has 0 spiro atoms. The lowest BCUT2D eigenvalue weighted by Gasteiger charge is -2.22. The van der Waals surface area contributed by atoms with E-state index in [0.717, 1.165) is 37.7 Å². The van der Waals surface area contributed by atoms with E-state index in [-0.39, 0.29) is 11.7 Å². The summed E-state index contributed by atoms with van der Waals surface area (Å²) in [6.07, 6.45) is 0.143. The molecule has 1 aromatic heterocycles. The van der Waals surface area contributed by atoms with Crippen LogP contribution < -0.4 is 4.74 Å². The number of aromatic nitrogens is 2. The maximum atomic E-state index is 13.0. The first-order valence-corrected chi connectivity index (χ1v) is 9.67. The molecule has 0 bridgehead atoms. The molecule has 1 fully saturated rings. The highest BCUT2D eigenvalue weighted by Gasteiger charge is 2.34. The van der Waals surface area contributed by atoms with E-state index < -0.39 is 18.3 Å². The maximum Gasteiger partial charge on any atom is 0.419 e. The van der Waals surface area contributed by atoms with Crippen LogP contribution in [0.25, 0.3) is 0 Å². The van der Waals surface area contributed by atoms with Crippen LogP contribution in [-0.4, -0.2) is 58.3 Å². The van der Waals surface area contributed by atoms with E-state index in [1.165, 1.54) is 18.2 Å². The van der Waals surface area contributed by atoms with Gasteiger partial charge in [-0.1, -0.05) is 12.1 Å². The number of aryl methyl sites for hydroxylation is 1. The van der Waals surface area contributed by atoms with Crippen LogP contribution in [0.3, 0.4) is 0 Å². The zero-order valence-electron chi connectivity index (χ0n) is 16.4. The fourth-order valence-corrected chi connectivity index (χ4v) is 3.36. The molecule has 1 saturated heterocycles. The number of hydrogen-bond donors (Lipinski definition) is 0. The molecule has 2 aromatic rings. The summed E-state index contributed by atoms with van der Waals surface area (Å²) in [7, 11) is 0. The fourth-order valence-electron chi connectivity index (χ4n) is 3.36. The second-order valence-electron chi connectivity index (χ2n) is 7.00. The molecule has 0 unspecified atom stereocenters. The summed E-state index contributed by atoms with van der Waals surface area (Å²) >= 11 is 0. The van der Waals surface area contributed by atoms with Gasteiger partial charge in [-0.2, -0.15) is 18.3 Å². The minimum absolute atomic E-state index is 0.303. The van der Waals surface area contributed by atoms with E-state index in [9.17, 15) is 18.0 Å². The Balaban J connectivity index is 1.52. The van der Waals surface area contributed by atoms with Crippen LogP contribution in [0, 0.1) is 0 Å². The Morgan fingerprint density at radius 2 is 1.97 bits per heavy atom. The SMILES string of the molecule is CCn1cc(CN2CCCN(C(=O)COc3ccccc3C(F)(F)F)CC2)cn1. The lowest BCUT2D eigenvalue weighted by Crippen LogP contribution is -2.38. The number of nitrogens with zero attached hydrogens (tertiary/aromatic N) is 4. The van der Waals surface area contributed by atoms with E-state index in [1.807, 2.05) is 24.0 Å². The highest BCUT2D eigenvalue weighted by Crippen LogP contribution is 2.35. The van der Waals surface area contributed by atoms with Gasteiger partial charge in [-0.3, -0.25) is 14.4 Å². The lowest BCUT2D eigenvalue weighted by molar-refractivity contribution is -0.141. The van der Waals surface area contributed by atoms with Gasteiger partial charge in [0, 0.05) is 51.0 Å². The zero-order valence-corrected chi connectivity index (χ0v) is 16.4. The van der Waals surface area contributed by atoms with Crippen LogP contribution in [-0.2, 0) is 24.1 Å². The Hall–Kier alpha value is -2.55. The summed E-state index contributed by atoms with van der Waals surface area (Å²) < 4.78 is 46.2. The molecule has 0 saturated carbocycles. The normalized spacial score (nSPS) is 15.9. The van der Waals surface area contributed by atoms with E-state index in [2.05, 4.69) is 10.00 Å². The number of amides is 1. The molecule has 0 N–H and O–H groups in total. The van der Waals surface area contributed by atoms with Crippen LogP contribution in [0.5, 0.6) is 5.75 Å². The van der Waals surface area contributed by atoms with Gasteiger partial charge in [0.1, 0.15) is 5.75 Å². The molecule has 1 aliphatic heterocycles. The van der Waals surface area contributed by atoms with Crippen LogP contribution >= 0.6 is 0 Å². The molecule has 1 amide bonds. The Labute approximate surface area is 167 Å². The summed E-state index contributed by atoms with van der Waals surface area (Å²) in [6, 6.07) is 4.94. The summed E-state index contributed by atoms with van der Waals surface area (Å²) in [6.45, 7) is 5.83. The Kier molecular flexibility index (Phi) is 6.79. The summed E-state index contributed by atoms with van der Waals surface area (Å²) in [5.41, 5.74) is 0.251. The van der Waals surface area contributed by atoms with Crippen molar-refractivity contribution in [3.63, 3.8) is 0 Å². The fraction of sp³-hybridized carbons (Fsp3) is 0.500. The van der Waals surface area contributed by atoms with Gasteiger partial charge < -0.3 is 9.64 Å². The van der Waals surface area contributed by atoms with Crippen molar-refractivity contribution in [3.8, 4) is 5.75 Å². The van der Waals surface area contributed by atoms with Crippen molar-refractivity contribution >= 4 is 5.91 Å². The molecular formula is C20H25F3N4O2. The van der Waals surface area contributed by atoms with Gasteiger partial charge in [0.15, 0.2) is 6.61 Å². The zero-order chi connectivity index (χ0) is 20.9. The van der Waals surface area contributed by atoms with E-state index in [0.29, 0.717) is 19.6 Å². The molecule has 2 heterocycles. The van der Waals surface area contributed by atoms with Gasteiger partial charge in [-0.25, -0.2) is 0 Å². The van der Waals surface area contributed by atoms with Crippen molar-refractivity contribution in [2.75, 3.05) is 32.8 Å². The third-order valence-corrected chi connectivity index (χ3v) is 4.90. The molecule has 1 aromatic carbocycles. The maximum absolute atomic E-state index is 13.0. The largest absolute Gasteiger partial charge is 0.483 e. The quantitative estimate of drug-likeness (QED) is 0.735. The topological polar surface area (TPSA) is 50.6 Å². The average molecular weight is 410 g/mol. The van der Waals surface area contributed by atoms with E-state index in [4.69, 9.17) is 4.74 Å².